The number of aryl methyl sites for hydroxylation is 1. The van der Waals surface area contributed by atoms with E-state index < -0.39 is 5.97 Å². The molecule has 2 aromatic carbocycles. The van der Waals surface area contributed by atoms with Gasteiger partial charge in [-0.25, -0.2) is 4.79 Å². The highest BCUT2D eigenvalue weighted by Gasteiger charge is 2.19. The van der Waals surface area contributed by atoms with Gasteiger partial charge in [0.15, 0.2) is 11.5 Å². The molecule has 0 amide bonds. The van der Waals surface area contributed by atoms with Crippen molar-refractivity contribution in [2.75, 3.05) is 14.2 Å². The maximum Gasteiger partial charge on any atom is 0.341 e. The van der Waals surface area contributed by atoms with Gasteiger partial charge in [-0.05, 0) is 42.3 Å². The first-order chi connectivity index (χ1) is 11.4. The average Bonchev–Trinajstić information content (AvgIpc) is 2.57. The van der Waals surface area contributed by atoms with Crippen LogP contribution < -0.4 is 9.47 Å². The van der Waals surface area contributed by atoms with Crippen LogP contribution in [0.2, 0.25) is 15.1 Å². The summed E-state index contributed by atoms with van der Waals surface area (Å²) < 4.78 is 15.8. The van der Waals surface area contributed by atoms with Gasteiger partial charge >= 0.3 is 5.97 Å². The van der Waals surface area contributed by atoms with Gasteiger partial charge < -0.3 is 14.2 Å². The fraction of sp³-hybridized carbons (Fsp3) is 0.235. The standard InChI is InChI=1S/C17H15Cl3O4/c1-9-6-13(22-2)14(23-3)7-10(9)8-24-17(21)15-11(18)4-5-12(19)16(15)20/h4-7H,8H2,1-3H3. The van der Waals surface area contributed by atoms with Crippen LogP contribution in [0.25, 0.3) is 0 Å². The monoisotopic (exact) mass is 388 g/mol. The number of benzene rings is 2. The second kappa shape index (κ2) is 7.97. The first kappa shape index (κ1) is 18.7. The van der Waals surface area contributed by atoms with Crippen molar-refractivity contribution in [3.63, 3.8) is 0 Å². The van der Waals surface area contributed by atoms with Crippen LogP contribution in [0.15, 0.2) is 24.3 Å². The summed E-state index contributed by atoms with van der Waals surface area (Å²) in [5, 5.41) is 0.479. The number of rotatable bonds is 5. The van der Waals surface area contributed by atoms with Gasteiger partial charge in [-0.15, -0.1) is 0 Å². The van der Waals surface area contributed by atoms with Gasteiger partial charge in [-0.2, -0.15) is 0 Å². The summed E-state index contributed by atoms with van der Waals surface area (Å²) in [4.78, 5) is 12.3. The maximum absolute atomic E-state index is 12.3. The normalized spacial score (nSPS) is 10.4. The van der Waals surface area contributed by atoms with Crippen molar-refractivity contribution < 1.29 is 19.0 Å². The van der Waals surface area contributed by atoms with Gasteiger partial charge in [0.1, 0.15) is 6.61 Å². The van der Waals surface area contributed by atoms with Crippen molar-refractivity contribution in [3.8, 4) is 11.5 Å². The predicted octanol–water partition coefficient (Wildman–Crippen LogP) is 5.33. The Kier molecular flexibility index (Phi) is 6.21. The van der Waals surface area contributed by atoms with Gasteiger partial charge in [0.25, 0.3) is 0 Å². The lowest BCUT2D eigenvalue weighted by molar-refractivity contribution is 0.0472. The van der Waals surface area contributed by atoms with Crippen LogP contribution in [-0.4, -0.2) is 20.2 Å². The maximum atomic E-state index is 12.3. The van der Waals surface area contributed by atoms with Crippen LogP contribution in [0.1, 0.15) is 21.5 Å². The zero-order chi connectivity index (χ0) is 17.9. The fourth-order valence-electron chi connectivity index (χ4n) is 2.11. The highest BCUT2D eigenvalue weighted by molar-refractivity contribution is 6.46. The van der Waals surface area contributed by atoms with Gasteiger partial charge in [0, 0.05) is 0 Å². The molecule has 4 nitrogen and oxygen atoms in total. The molecular weight excluding hydrogens is 375 g/mol. The molecule has 0 fully saturated rings. The predicted molar refractivity (Wildman–Crippen MR) is 94.9 cm³/mol. The molecule has 0 spiro atoms. The summed E-state index contributed by atoms with van der Waals surface area (Å²) in [6.45, 7) is 1.91. The highest BCUT2D eigenvalue weighted by Crippen LogP contribution is 2.33. The van der Waals surface area contributed by atoms with Gasteiger partial charge in [-0.3, -0.25) is 0 Å². The van der Waals surface area contributed by atoms with E-state index in [1.807, 2.05) is 6.92 Å². The molecule has 128 valence electrons. The van der Waals surface area contributed by atoms with Crippen molar-refractivity contribution in [1.29, 1.82) is 0 Å². The zero-order valence-corrected chi connectivity index (χ0v) is 15.6. The summed E-state index contributed by atoms with van der Waals surface area (Å²) in [7, 11) is 3.09. The topological polar surface area (TPSA) is 44.8 Å². The van der Waals surface area contributed by atoms with E-state index in [1.54, 1.807) is 19.2 Å². The first-order valence-electron chi connectivity index (χ1n) is 6.91. The molecule has 0 radical (unpaired) electrons. The van der Waals surface area contributed by atoms with E-state index in [0.717, 1.165) is 11.1 Å². The Bertz CT molecular complexity index is 775. The molecule has 0 bridgehead atoms. The van der Waals surface area contributed by atoms with E-state index >= 15 is 0 Å². The van der Waals surface area contributed by atoms with Crippen LogP contribution in [0.3, 0.4) is 0 Å². The molecule has 0 saturated heterocycles. The molecule has 2 rings (SSSR count). The van der Waals surface area contributed by atoms with Crippen LogP contribution in [0.4, 0.5) is 0 Å². The molecule has 0 aromatic heterocycles. The largest absolute Gasteiger partial charge is 0.493 e. The number of esters is 1. The number of carbonyl (C=O) groups is 1. The minimum atomic E-state index is -0.651. The second-order valence-electron chi connectivity index (χ2n) is 4.93. The Morgan fingerprint density at radius 3 is 2.21 bits per heavy atom. The molecule has 0 atom stereocenters. The van der Waals surface area contributed by atoms with Crippen molar-refractivity contribution in [3.05, 3.63) is 56.0 Å². The van der Waals surface area contributed by atoms with E-state index in [2.05, 4.69) is 0 Å². The van der Waals surface area contributed by atoms with Crippen LogP contribution in [0.5, 0.6) is 11.5 Å². The number of halogens is 3. The summed E-state index contributed by atoms with van der Waals surface area (Å²) >= 11 is 18.0. The molecule has 2 aromatic rings. The Morgan fingerprint density at radius 1 is 1.00 bits per heavy atom. The minimum absolute atomic E-state index is 0.0319. The highest BCUT2D eigenvalue weighted by atomic mass is 35.5. The molecule has 0 aliphatic carbocycles. The minimum Gasteiger partial charge on any atom is -0.493 e. The number of hydrogen-bond donors (Lipinski definition) is 0. The van der Waals surface area contributed by atoms with Crippen molar-refractivity contribution in [1.82, 2.24) is 0 Å². The Labute approximate surface area is 155 Å². The van der Waals surface area contributed by atoms with Gasteiger partial charge in [0.2, 0.25) is 0 Å². The quantitative estimate of drug-likeness (QED) is 0.512. The Hall–Kier alpha value is -1.62. The van der Waals surface area contributed by atoms with Crippen LogP contribution in [-0.2, 0) is 11.3 Å². The molecular formula is C17H15Cl3O4. The SMILES string of the molecule is COc1cc(C)c(COC(=O)c2c(Cl)ccc(Cl)c2Cl)cc1OC. The lowest BCUT2D eigenvalue weighted by Gasteiger charge is -2.14. The first-order valence-corrected chi connectivity index (χ1v) is 8.04. The fourth-order valence-corrected chi connectivity index (χ4v) is 2.79. The van der Waals surface area contributed by atoms with Crippen molar-refractivity contribution >= 4 is 40.8 Å². The van der Waals surface area contributed by atoms with Crippen LogP contribution in [0, 0.1) is 6.92 Å². The number of ether oxygens (including phenoxy) is 3. The number of hydrogen-bond acceptors (Lipinski definition) is 4. The second-order valence-corrected chi connectivity index (χ2v) is 6.12. The molecule has 7 heteroatoms. The van der Waals surface area contributed by atoms with E-state index in [0.29, 0.717) is 11.5 Å². The lowest BCUT2D eigenvalue weighted by Crippen LogP contribution is -2.08. The van der Waals surface area contributed by atoms with E-state index in [4.69, 9.17) is 49.0 Å². The smallest absolute Gasteiger partial charge is 0.341 e. The molecule has 0 heterocycles. The summed E-state index contributed by atoms with van der Waals surface area (Å²) in [6.07, 6.45) is 0. The number of carbonyl (C=O) groups excluding carboxylic acids is 1. The third-order valence-corrected chi connectivity index (χ3v) is 4.57. The summed E-state index contributed by atoms with van der Waals surface area (Å²) in [6, 6.07) is 6.57. The third kappa shape index (κ3) is 3.89. The van der Waals surface area contributed by atoms with Crippen molar-refractivity contribution in [2.45, 2.75) is 13.5 Å². The summed E-state index contributed by atoms with van der Waals surface area (Å²) in [5.41, 5.74) is 1.71. The lowest BCUT2D eigenvalue weighted by atomic mass is 10.1. The van der Waals surface area contributed by atoms with Crippen LogP contribution >= 0.6 is 34.8 Å². The van der Waals surface area contributed by atoms with Gasteiger partial charge in [0.05, 0.1) is 34.9 Å². The van der Waals surface area contributed by atoms with Crippen molar-refractivity contribution in [2.24, 2.45) is 0 Å². The molecule has 0 aliphatic heterocycles. The molecule has 0 saturated carbocycles. The van der Waals surface area contributed by atoms with Gasteiger partial charge in [-0.1, -0.05) is 34.8 Å². The Morgan fingerprint density at radius 2 is 1.58 bits per heavy atom. The summed E-state index contributed by atoms with van der Waals surface area (Å²) in [5.74, 6) is 0.501. The van der Waals surface area contributed by atoms with E-state index in [-0.39, 0.29) is 27.2 Å². The molecule has 0 aliphatic rings. The Balaban J connectivity index is 2.23. The molecule has 24 heavy (non-hydrogen) atoms. The van der Waals surface area contributed by atoms with E-state index in [9.17, 15) is 4.79 Å². The molecule has 0 N–H and O–H groups in total. The third-order valence-electron chi connectivity index (χ3n) is 3.45. The zero-order valence-electron chi connectivity index (χ0n) is 13.3. The number of methoxy groups -OCH3 is 2. The molecule has 0 unspecified atom stereocenters. The average molecular weight is 390 g/mol. The van der Waals surface area contributed by atoms with E-state index in [1.165, 1.54) is 19.2 Å².